The summed E-state index contributed by atoms with van der Waals surface area (Å²) in [4.78, 5) is 12.9. The van der Waals surface area contributed by atoms with E-state index >= 15 is 0 Å². The predicted molar refractivity (Wildman–Crippen MR) is 85.7 cm³/mol. The monoisotopic (exact) mass is 312 g/mol. The molecular weight excluding hydrogens is 280 g/mol. The Hall–Kier alpha value is -0.610. The maximum absolute atomic E-state index is 12.9. The molecule has 0 aromatic rings. The summed E-state index contributed by atoms with van der Waals surface area (Å²) in [6, 6.07) is 0. The second kappa shape index (κ2) is 7.78. The molecule has 2 aliphatic rings. The van der Waals surface area contributed by atoms with E-state index in [4.69, 9.17) is 14.2 Å². The van der Waals surface area contributed by atoms with E-state index in [0.29, 0.717) is 6.61 Å². The van der Waals surface area contributed by atoms with E-state index in [0.717, 1.165) is 32.1 Å². The van der Waals surface area contributed by atoms with Crippen molar-refractivity contribution in [1.29, 1.82) is 0 Å². The van der Waals surface area contributed by atoms with Crippen molar-refractivity contribution < 1.29 is 19.0 Å². The summed E-state index contributed by atoms with van der Waals surface area (Å²) in [6.07, 6.45) is 7.07. The van der Waals surface area contributed by atoms with Gasteiger partial charge in [-0.1, -0.05) is 20.8 Å². The molecule has 0 aromatic carbocycles. The minimum atomic E-state index is -0.225. The summed E-state index contributed by atoms with van der Waals surface area (Å²) in [5.41, 5.74) is -0.225. The van der Waals surface area contributed by atoms with Crippen LogP contribution in [0.25, 0.3) is 0 Å². The van der Waals surface area contributed by atoms with Gasteiger partial charge in [0.2, 0.25) is 0 Å². The summed E-state index contributed by atoms with van der Waals surface area (Å²) in [7, 11) is 1.69. The van der Waals surface area contributed by atoms with Crippen LogP contribution in [0.2, 0.25) is 0 Å². The second-order valence-corrected chi connectivity index (χ2v) is 6.84. The van der Waals surface area contributed by atoms with E-state index < -0.39 is 0 Å². The van der Waals surface area contributed by atoms with Gasteiger partial charge in [0.25, 0.3) is 0 Å². The van der Waals surface area contributed by atoms with Crippen LogP contribution < -0.4 is 0 Å². The summed E-state index contributed by atoms with van der Waals surface area (Å²) < 4.78 is 17.5. The smallest absolute Gasteiger partial charge is 0.312 e. The fraction of sp³-hybridized carbons (Fsp3) is 0.944. The van der Waals surface area contributed by atoms with Crippen LogP contribution in [-0.4, -0.2) is 37.5 Å². The first kappa shape index (κ1) is 17.7. The molecule has 0 spiro atoms. The van der Waals surface area contributed by atoms with E-state index in [2.05, 4.69) is 20.8 Å². The van der Waals surface area contributed by atoms with Gasteiger partial charge in [-0.3, -0.25) is 4.79 Å². The summed E-state index contributed by atoms with van der Waals surface area (Å²) in [5, 5.41) is 0. The first-order chi connectivity index (χ1) is 10.6. The van der Waals surface area contributed by atoms with Gasteiger partial charge in [0.1, 0.15) is 5.60 Å². The summed E-state index contributed by atoms with van der Waals surface area (Å²) in [6.45, 7) is 6.88. The lowest BCUT2D eigenvalue weighted by atomic mass is 9.85. The van der Waals surface area contributed by atoms with Crippen molar-refractivity contribution in [3.8, 4) is 0 Å². The maximum atomic E-state index is 12.9. The molecule has 0 aromatic heterocycles. The van der Waals surface area contributed by atoms with Crippen LogP contribution in [0.15, 0.2) is 0 Å². The fourth-order valence-electron chi connectivity index (χ4n) is 4.22. The zero-order chi connectivity index (χ0) is 16.2. The maximum Gasteiger partial charge on any atom is 0.312 e. The number of rotatable bonds is 7. The average molecular weight is 312 g/mol. The lowest BCUT2D eigenvalue weighted by Crippen LogP contribution is -2.40. The molecule has 0 bridgehead atoms. The quantitative estimate of drug-likeness (QED) is 0.672. The van der Waals surface area contributed by atoms with Gasteiger partial charge in [0.15, 0.2) is 0 Å². The van der Waals surface area contributed by atoms with Crippen molar-refractivity contribution in [2.45, 2.75) is 83.5 Å². The molecule has 0 N–H and O–H groups in total. The van der Waals surface area contributed by atoms with E-state index in [1.165, 1.54) is 12.8 Å². The molecule has 1 aliphatic carbocycles. The molecule has 1 heterocycles. The van der Waals surface area contributed by atoms with Crippen LogP contribution in [0.4, 0.5) is 0 Å². The highest BCUT2D eigenvalue weighted by molar-refractivity contribution is 5.74. The molecule has 4 atom stereocenters. The number of hydrogen-bond acceptors (Lipinski definition) is 4. The van der Waals surface area contributed by atoms with Crippen LogP contribution in [0.1, 0.15) is 65.7 Å². The Morgan fingerprint density at radius 2 is 1.77 bits per heavy atom. The number of carbonyl (C=O) groups excluding carboxylic acids is 1. The average Bonchev–Trinajstić information content (AvgIpc) is 3.12. The summed E-state index contributed by atoms with van der Waals surface area (Å²) in [5.74, 6) is -0.129. The lowest BCUT2D eigenvalue weighted by Gasteiger charge is -2.31. The van der Waals surface area contributed by atoms with Crippen LogP contribution >= 0.6 is 0 Å². The largest absolute Gasteiger partial charge is 0.459 e. The van der Waals surface area contributed by atoms with Crippen molar-refractivity contribution in [2.24, 2.45) is 11.8 Å². The Balaban J connectivity index is 2.13. The van der Waals surface area contributed by atoms with Crippen molar-refractivity contribution >= 4 is 5.97 Å². The third kappa shape index (κ3) is 3.48. The number of esters is 1. The minimum Gasteiger partial charge on any atom is -0.459 e. The molecule has 1 saturated carbocycles. The molecule has 0 radical (unpaired) electrons. The highest BCUT2D eigenvalue weighted by Crippen LogP contribution is 2.41. The van der Waals surface area contributed by atoms with Gasteiger partial charge in [-0.15, -0.1) is 0 Å². The fourth-order valence-corrected chi connectivity index (χ4v) is 4.22. The molecule has 4 heteroatoms. The standard InChI is InChI=1S/C18H32O4/c1-5-14-13(12-20-4)16(15(6-2)21-14)17(19)22-18(7-3)10-8-9-11-18/h13-16H,5-12H2,1-4H3. The molecular formula is C18H32O4. The van der Waals surface area contributed by atoms with E-state index in [9.17, 15) is 4.79 Å². The van der Waals surface area contributed by atoms with Crippen molar-refractivity contribution in [3.63, 3.8) is 0 Å². The summed E-state index contributed by atoms with van der Waals surface area (Å²) >= 11 is 0. The molecule has 4 unspecified atom stereocenters. The van der Waals surface area contributed by atoms with Crippen LogP contribution in [0.3, 0.4) is 0 Å². The molecule has 1 saturated heterocycles. The minimum absolute atomic E-state index is 0.0343. The van der Waals surface area contributed by atoms with Gasteiger partial charge in [-0.25, -0.2) is 0 Å². The topological polar surface area (TPSA) is 44.8 Å². The van der Waals surface area contributed by atoms with Crippen LogP contribution in [-0.2, 0) is 19.0 Å². The van der Waals surface area contributed by atoms with E-state index in [1.807, 2.05) is 0 Å². The number of carbonyl (C=O) groups is 1. The third-order valence-electron chi connectivity index (χ3n) is 5.60. The number of ether oxygens (including phenoxy) is 3. The molecule has 128 valence electrons. The normalized spacial score (nSPS) is 34.0. The van der Waals surface area contributed by atoms with E-state index in [1.54, 1.807) is 7.11 Å². The molecule has 4 nitrogen and oxygen atoms in total. The highest BCUT2D eigenvalue weighted by atomic mass is 16.6. The third-order valence-corrected chi connectivity index (χ3v) is 5.60. The Labute approximate surface area is 134 Å². The molecule has 2 fully saturated rings. The first-order valence-electron chi connectivity index (χ1n) is 8.98. The van der Waals surface area contributed by atoms with Gasteiger partial charge < -0.3 is 14.2 Å². The zero-order valence-electron chi connectivity index (χ0n) is 14.6. The first-order valence-corrected chi connectivity index (χ1v) is 8.98. The molecule has 1 aliphatic heterocycles. The Morgan fingerprint density at radius 1 is 1.14 bits per heavy atom. The van der Waals surface area contributed by atoms with Gasteiger partial charge in [-0.2, -0.15) is 0 Å². The SMILES string of the molecule is CCC1OC(CC)C(C(=O)OC2(CC)CCCC2)C1COC. The zero-order valence-corrected chi connectivity index (χ0v) is 14.6. The van der Waals surface area contributed by atoms with Gasteiger partial charge in [-0.05, 0) is 44.9 Å². The predicted octanol–water partition coefficient (Wildman–Crippen LogP) is 3.72. The lowest BCUT2D eigenvalue weighted by molar-refractivity contribution is -0.168. The van der Waals surface area contributed by atoms with Crippen molar-refractivity contribution in [1.82, 2.24) is 0 Å². The van der Waals surface area contributed by atoms with Gasteiger partial charge in [0.05, 0.1) is 24.7 Å². The highest BCUT2D eigenvalue weighted by Gasteiger charge is 2.49. The molecule has 2 rings (SSSR count). The van der Waals surface area contributed by atoms with E-state index in [-0.39, 0.29) is 35.6 Å². The molecule has 0 amide bonds. The van der Waals surface area contributed by atoms with Gasteiger partial charge >= 0.3 is 5.97 Å². The number of methoxy groups -OCH3 is 1. The molecule has 22 heavy (non-hydrogen) atoms. The second-order valence-electron chi connectivity index (χ2n) is 6.84. The van der Waals surface area contributed by atoms with Crippen molar-refractivity contribution in [2.75, 3.05) is 13.7 Å². The van der Waals surface area contributed by atoms with Gasteiger partial charge in [0, 0.05) is 13.0 Å². The Bertz CT molecular complexity index is 362. The van der Waals surface area contributed by atoms with Crippen LogP contribution in [0.5, 0.6) is 0 Å². The Morgan fingerprint density at radius 3 is 2.27 bits per heavy atom. The number of hydrogen-bond donors (Lipinski definition) is 0. The van der Waals surface area contributed by atoms with Crippen LogP contribution in [0, 0.1) is 11.8 Å². The Kier molecular flexibility index (Phi) is 6.27. The van der Waals surface area contributed by atoms with Crippen molar-refractivity contribution in [3.05, 3.63) is 0 Å².